The predicted molar refractivity (Wildman–Crippen MR) is 97.4 cm³/mol. The second-order valence-electron chi connectivity index (χ2n) is 6.18. The van der Waals surface area contributed by atoms with Gasteiger partial charge in [0, 0.05) is 10.9 Å². The zero-order valence-electron chi connectivity index (χ0n) is 14.2. The molecule has 23 heavy (non-hydrogen) atoms. The van der Waals surface area contributed by atoms with Crippen molar-refractivity contribution in [1.29, 1.82) is 0 Å². The van der Waals surface area contributed by atoms with Gasteiger partial charge in [0.1, 0.15) is 12.0 Å². The summed E-state index contributed by atoms with van der Waals surface area (Å²) in [6, 6.07) is 11.7. The van der Waals surface area contributed by atoms with Gasteiger partial charge in [-0.1, -0.05) is 70.1 Å². The number of aldehydes is 1. The molecule has 0 heterocycles. The van der Waals surface area contributed by atoms with Crippen LogP contribution < -0.4 is 4.74 Å². The Labute approximate surface area is 139 Å². The summed E-state index contributed by atoms with van der Waals surface area (Å²) in [7, 11) is 0. The van der Waals surface area contributed by atoms with Gasteiger partial charge in [0.2, 0.25) is 0 Å². The van der Waals surface area contributed by atoms with E-state index in [-0.39, 0.29) is 0 Å². The summed E-state index contributed by atoms with van der Waals surface area (Å²) in [6.07, 6.45) is 11.3. The molecule has 0 aliphatic carbocycles. The number of rotatable bonds is 11. The fourth-order valence-electron chi connectivity index (χ4n) is 2.89. The lowest BCUT2D eigenvalue weighted by atomic mass is 10.1. The molecule has 0 saturated carbocycles. The van der Waals surface area contributed by atoms with E-state index in [1.165, 1.54) is 44.9 Å². The second-order valence-corrected chi connectivity index (χ2v) is 6.18. The monoisotopic (exact) mass is 312 g/mol. The van der Waals surface area contributed by atoms with Crippen molar-refractivity contribution < 1.29 is 9.53 Å². The molecule has 0 fully saturated rings. The average Bonchev–Trinajstić information content (AvgIpc) is 2.59. The first-order valence-corrected chi connectivity index (χ1v) is 8.96. The number of ether oxygens (including phenoxy) is 1. The molecule has 0 aliphatic rings. The summed E-state index contributed by atoms with van der Waals surface area (Å²) in [5.74, 6) is 0.919. The van der Waals surface area contributed by atoms with Gasteiger partial charge >= 0.3 is 0 Å². The van der Waals surface area contributed by atoms with Crippen LogP contribution in [0.2, 0.25) is 0 Å². The van der Waals surface area contributed by atoms with E-state index >= 15 is 0 Å². The molecule has 2 heteroatoms. The summed E-state index contributed by atoms with van der Waals surface area (Å²) in [5, 5.41) is 2.14. The Morgan fingerprint density at radius 2 is 1.65 bits per heavy atom. The third-order valence-corrected chi connectivity index (χ3v) is 4.26. The van der Waals surface area contributed by atoms with Crippen LogP contribution in [0.4, 0.5) is 0 Å². The maximum absolute atomic E-state index is 10.9. The van der Waals surface area contributed by atoms with E-state index in [0.29, 0.717) is 5.56 Å². The van der Waals surface area contributed by atoms with Crippen molar-refractivity contribution in [2.45, 2.75) is 58.3 Å². The Balaban J connectivity index is 1.74. The highest BCUT2D eigenvalue weighted by molar-refractivity contribution is 5.92. The van der Waals surface area contributed by atoms with Gasteiger partial charge in [-0.15, -0.1) is 0 Å². The summed E-state index contributed by atoms with van der Waals surface area (Å²) in [4.78, 5) is 10.9. The predicted octanol–water partition coefficient (Wildman–Crippen LogP) is 6.17. The fraction of sp³-hybridized carbons (Fsp3) is 0.476. The third kappa shape index (κ3) is 5.70. The lowest BCUT2D eigenvalue weighted by Gasteiger charge is -2.09. The van der Waals surface area contributed by atoms with Crippen LogP contribution in [0, 0.1) is 0 Å². The number of unbranched alkanes of at least 4 members (excludes halogenated alkanes) is 7. The normalized spacial score (nSPS) is 10.8. The van der Waals surface area contributed by atoms with Crippen molar-refractivity contribution in [2.24, 2.45) is 0 Å². The van der Waals surface area contributed by atoms with Crippen molar-refractivity contribution in [3.8, 4) is 5.75 Å². The van der Waals surface area contributed by atoms with Gasteiger partial charge < -0.3 is 4.74 Å². The molecular formula is C21H28O2. The van der Waals surface area contributed by atoms with E-state index < -0.39 is 0 Å². The lowest BCUT2D eigenvalue weighted by molar-refractivity contribution is 0.112. The minimum atomic E-state index is 0.706. The molecule has 0 unspecified atom stereocenters. The zero-order chi connectivity index (χ0) is 16.3. The Morgan fingerprint density at radius 3 is 2.39 bits per heavy atom. The Kier molecular flexibility index (Phi) is 7.65. The summed E-state index contributed by atoms with van der Waals surface area (Å²) < 4.78 is 5.95. The van der Waals surface area contributed by atoms with Gasteiger partial charge in [-0.05, 0) is 30.0 Å². The van der Waals surface area contributed by atoms with E-state index in [9.17, 15) is 4.79 Å². The van der Waals surface area contributed by atoms with Gasteiger partial charge in [0.25, 0.3) is 0 Å². The highest BCUT2D eigenvalue weighted by atomic mass is 16.5. The third-order valence-electron chi connectivity index (χ3n) is 4.26. The van der Waals surface area contributed by atoms with Crippen LogP contribution in [-0.2, 0) is 0 Å². The van der Waals surface area contributed by atoms with Crippen LogP contribution in [0.1, 0.15) is 68.6 Å². The van der Waals surface area contributed by atoms with Crippen LogP contribution in [0.3, 0.4) is 0 Å². The van der Waals surface area contributed by atoms with E-state index in [0.717, 1.165) is 35.8 Å². The SMILES string of the molecule is CCCCCCCCCCOc1cccc2cc(C=O)ccc12. The summed E-state index contributed by atoms with van der Waals surface area (Å²) in [6.45, 7) is 3.02. The maximum Gasteiger partial charge on any atom is 0.150 e. The lowest BCUT2D eigenvalue weighted by Crippen LogP contribution is -1.98. The minimum Gasteiger partial charge on any atom is -0.493 e. The van der Waals surface area contributed by atoms with E-state index in [1.54, 1.807) is 0 Å². The molecule has 0 amide bonds. The molecule has 0 atom stereocenters. The number of benzene rings is 2. The van der Waals surface area contributed by atoms with Crippen LogP contribution >= 0.6 is 0 Å². The van der Waals surface area contributed by atoms with Crippen LogP contribution in [0.15, 0.2) is 36.4 Å². The molecule has 0 bridgehead atoms. The van der Waals surface area contributed by atoms with E-state index in [1.807, 2.05) is 36.4 Å². The average molecular weight is 312 g/mol. The van der Waals surface area contributed by atoms with Crippen LogP contribution in [0.25, 0.3) is 10.8 Å². The highest BCUT2D eigenvalue weighted by Crippen LogP contribution is 2.26. The number of fused-ring (bicyclic) bond motifs is 1. The van der Waals surface area contributed by atoms with Gasteiger partial charge in [0.05, 0.1) is 6.61 Å². The molecule has 0 radical (unpaired) electrons. The van der Waals surface area contributed by atoms with Gasteiger partial charge in [-0.2, -0.15) is 0 Å². The van der Waals surface area contributed by atoms with E-state index in [2.05, 4.69) is 6.92 Å². The number of carbonyl (C=O) groups excluding carboxylic acids is 1. The largest absolute Gasteiger partial charge is 0.493 e. The molecule has 2 aromatic rings. The fourth-order valence-corrected chi connectivity index (χ4v) is 2.89. The molecular weight excluding hydrogens is 284 g/mol. The molecule has 0 aliphatic heterocycles. The van der Waals surface area contributed by atoms with Crippen molar-refractivity contribution in [3.05, 3.63) is 42.0 Å². The number of hydrogen-bond acceptors (Lipinski definition) is 2. The summed E-state index contributed by atoms with van der Waals surface area (Å²) in [5.41, 5.74) is 0.706. The zero-order valence-corrected chi connectivity index (χ0v) is 14.2. The quantitative estimate of drug-likeness (QED) is 0.366. The molecule has 2 nitrogen and oxygen atoms in total. The van der Waals surface area contributed by atoms with Gasteiger partial charge in [0.15, 0.2) is 0 Å². The topological polar surface area (TPSA) is 26.3 Å². The second kappa shape index (κ2) is 10.0. The Morgan fingerprint density at radius 1 is 0.913 bits per heavy atom. The first-order valence-electron chi connectivity index (χ1n) is 8.96. The van der Waals surface area contributed by atoms with Crippen molar-refractivity contribution in [2.75, 3.05) is 6.61 Å². The molecule has 0 spiro atoms. The van der Waals surface area contributed by atoms with Gasteiger partial charge in [-0.25, -0.2) is 0 Å². The molecule has 2 aromatic carbocycles. The first kappa shape index (κ1) is 17.5. The number of hydrogen-bond donors (Lipinski definition) is 0. The molecule has 0 aromatic heterocycles. The highest BCUT2D eigenvalue weighted by Gasteiger charge is 2.03. The Hall–Kier alpha value is -1.83. The first-order chi connectivity index (χ1) is 11.3. The molecule has 2 rings (SSSR count). The van der Waals surface area contributed by atoms with Crippen LogP contribution in [0.5, 0.6) is 5.75 Å². The smallest absolute Gasteiger partial charge is 0.150 e. The van der Waals surface area contributed by atoms with Crippen molar-refractivity contribution in [3.63, 3.8) is 0 Å². The van der Waals surface area contributed by atoms with E-state index in [4.69, 9.17) is 4.74 Å². The van der Waals surface area contributed by atoms with Crippen molar-refractivity contribution in [1.82, 2.24) is 0 Å². The maximum atomic E-state index is 10.9. The molecule has 0 N–H and O–H groups in total. The van der Waals surface area contributed by atoms with Gasteiger partial charge in [-0.3, -0.25) is 4.79 Å². The van der Waals surface area contributed by atoms with Crippen LogP contribution in [-0.4, -0.2) is 12.9 Å². The molecule has 0 saturated heterocycles. The standard InChI is InChI=1S/C21H28O2/c1-2-3-4-5-6-7-8-9-15-23-21-12-10-11-19-16-18(17-22)13-14-20(19)21/h10-14,16-17H,2-9,15H2,1H3. The minimum absolute atomic E-state index is 0.706. The molecule has 124 valence electrons. The number of carbonyl (C=O) groups is 1. The van der Waals surface area contributed by atoms with Crippen molar-refractivity contribution >= 4 is 17.1 Å². The Bertz CT molecular complexity index is 604. The summed E-state index contributed by atoms with van der Waals surface area (Å²) >= 11 is 0.